The highest BCUT2D eigenvalue weighted by molar-refractivity contribution is 9.10. The molecule has 0 spiro atoms. The van der Waals surface area contributed by atoms with Crippen molar-refractivity contribution in [1.82, 2.24) is 4.90 Å². The van der Waals surface area contributed by atoms with E-state index in [0.29, 0.717) is 6.04 Å². The van der Waals surface area contributed by atoms with Crippen LogP contribution in [-0.4, -0.2) is 41.3 Å². The van der Waals surface area contributed by atoms with Crippen molar-refractivity contribution in [3.8, 4) is 0 Å². The minimum Gasteiger partial charge on any atom is -0.394 e. The summed E-state index contributed by atoms with van der Waals surface area (Å²) in [5, 5.41) is 13.4. The molecule has 1 aliphatic heterocycles. The third kappa shape index (κ3) is 3.50. The Kier molecular flexibility index (Phi) is 4.87. The Morgan fingerprint density at radius 1 is 1.32 bits per heavy atom. The second kappa shape index (κ2) is 6.25. The number of piperidine rings is 1. The number of likely N-dealkylation sites (tertiary alicyclic amines) is 1. The van der Waals surface area contributed by atoms with Crippen LogP contribution in [0.5, 0.6) is 0 Å². The van der Waals surface area contributed by atoms with E-state index in [-0.39, 0.29) is 12.1 Å². The molecule has 3 nitrogen and oxygen atoms in total. The summed E-state index contributed by atoms with van der Waals surface area (Å²) in [5.41, 5.74) is 0.879. The molecule has 0 atom stereocenters. The average molecular weight is 327 g/mol. The van der Waals surface area contributed by atoms with Gasteiger partial charge in [0.25, 0.3) is 0 Å². The number of nitrogens with zero attached hydrogens (tertiary/aromatic N) is 1. The van der Waals surface area contributed by atoms with Gasteiger partial charge in [-0.05, 0) is 54.8 Å². The van der Waals surface area contributed by atoms with Crippen LogP contribution in [0, 0.1) is 0 Å². The van der Waals surface area contributed by atoms with Crippen LogP contribution in [0.15, 0.2) is 28.7 Å². The van der Waals surface area contributed by atoms with E-state index in [1.165, 1.54) is 0 Å². The SMILES string of the molecule is CC(C)N1CCC(CO)(Nc2ccccc2Br)CC1. The van der Waals surface area contributed by atoms with Gasteiger partial charge in [0, 0.05) is 29.3 Å². The highest BCUT2D eigenvalue weighted by atomic mass is 79.9. The largest absolute Gasteiger partial charge is 0.394 e. The fraction of sp³-hybridized carbons (Fsp3) is 0.600. The van der Waals surface area contributed by atoms with Crippen LogP contribution < -0.4 is 5.32 Å². The van der Waals surface area contributed by atoms with Gasteiger partial charge in [-0.2, -0.15) is 0 Å². The van der Waals surface area contributed by atoms with Crippen molar-refractivity contribution in [1.29, 1.82) is 0 Å². The molecule has 2 rings (SSSR count). The summed E-state index contributed by atoms with van der Waals surface area (Å²) < 4.78 is 1.05. The Morgan fingerprint density at radius 3 is 2.47 bits per heavy atom. The van der Waals surface area contributed by atoms with Gasteiger partial charge in [0.15, 0.2) is 0 Å². The van der Waals surface area contributed by atoms with Gasteiger partial charge in [-0.25, -0.2) is 0 Å². The standard InChI is InChI=1S/C15H23BrN2O/c1-12(2)18-9-7-15(11-19,8-10-18)17-14-6-4-3-5-13(14)16/h3-6,12,17,19H,7-11H2,1-2H3. The summed E-state index contributed by atoms with van der Waals surface area (Å²) >= 11 is 3.56. The normalized spacial score (nSPS) is 19.6. The summed E-state index contributed by atoms with van der Waals surface area (Å²) in [6.07, 6.45) is 1.95. The van der Waals surface area contributed by atoms with Crippen molar-refractivity contribution >= 4 is 21.6 Å². The third-order valence-electron chi connectivity index (χ3n) is 4.06. The second-order valence-electron chi connectivity index (χ2n) is 5.67. The van der Waals surface area contributed by atoms with Crippen molar-refractivity contribution < 1.29 is 5.11 Å². The van der Waals surface area contributed by atoms with E-state index >= 15 is 0 Å². The van der Waals surface area contributed by atoms with E-state index in [9.17, 15) is 5.11 Å². The molecule has 0 bridgehead atoms. The zero-order chi connectivity index (χ0) is 13.9. The van der Waals surface area contributed by atoms with Crippen LogP contribution in [0.25, 0.3) is 0 Å². The van der Waals surface area contributed by atoms with Gasteiger partial charge in [-0.15, -0.1) is 0 Å². The number of nitrogens with one attached hydrogen (secondary N) is 1. The maximum atomic E-state index is 9.82. The number of hydrogen-bond donors (Lipinski definition) is 2. The number of para-hydroxylation sites is 1. The molecular weight excluding hydrogens is 304 g/mol. The van der Waals surface area contributed by atoms with Gasteiger partial charge in [0.1, 0.15) is 0 Å². The Labute approximate surface area is 124 Å². The molecule has 1 aliphatic rings. The summed E-state index contributed by atoms with van der Waals surface area (Å²) in [6, 6.07) is 8.68. The number of hydrogen-bond acceptors (Lipinski definition) is 3. The Balaban J connectivity index is 2.07. The predicted molar refractivity (Wildman–Crippen MR) is 83.5 cm³/mol. The van der Waals surface area contributed by atoms with Gasteiger partial charge in [-0.1, -0.05) is 12.1 Å². The van der Waals surface area contributed by atoms with Crippen LogP contribution in [-0.2, 0) is 0 Å². The van der Waals surface area contributed by atoms with Crippen LogP contribution in [0.3, 0.4) is 0 Å². The Hall–Kier alpha value is -0.580. The lowest BCUT2D eigenvalue weighted by Crippen LogP contribution is -2.53. The first kappa shape index (κ1) is 14.8. The predicted octanol–water partition coefficient (Wildman–Crippen LogP) is 3.10. The van der Waals surface area contributed by atoms with Crippen LogP contribution in [0.4, 0.5) is 5.69 Å². The van der Waals surface area contributed by atoms with Gasteiger partial charge in [0.2, 0.25) is 0 Å². The van der Waals surface area contributed by atoms with E-state index in [2.05, 4.69) is 46.1 Å². The number of rotatable bonds is 4. The second-order valence-corrected chi connectivity index (χ2v) is 6.53. The van der Waals surface area contributed by atoms with Gasteiger partial charge < -0.3 is 15.3 Å². The third-order valence-corrected chi connectivity index (χ3v) is 4.75. The molecular formula is C15H23BrN2O. The van der Waals surface area contributed by atoms with Crippen LogP contribution in [0.1, 0.15) is 26.7 Å². The molecule has 1 aromatic rings. The van der Waals surface area contributed by atoms with Gasteiger partial charge in [0.05, 0.1) is 12.1 Å². The molecule has 2 N–H and O–H groups in total. The average Bonchev–Trinajstić information content (AvgIpc) is 2.42. The van der Waals surface area contributed by atoms with Crippen molar-refractivity contribution in [3.05, 3.63) is 28.7 Å². The minimum atomic E-state index is -0.185. The zero-order valence-electron chi connectivity index (χ0n) is 11.7. The van der Waals surface area contributed by atoms with Gasteiger partial charge in [-0.3, -0.25) is 0 Å². The number of aliphatic hydroxyl groups excluding tert-OH is 1. The fourth-order valence-electron chi connectivity index (χ4n) is 2.64. The zero-order valence-corrected chi connectivity index (χ0v) is 13.3. The van der Waals surface area contributed by atoms with Gasteiger partial charge >= 0.3 is 0 Å². The molecule has 1 fully saturated rings. The number of anilines is 1. The highest BCUT2D eigenvalue weighted by Gasteiger charge is 2.34. The van der Waals surface area contributed by atoms with Crippen molar-refractivity contribution in [2.24, 2.45) is 0 Å². The molecule has 106 valence electrons. The molecule has 1 saturated heterocycles. The summed E-state index contributed by atoms with van der Waals surface area (Å²) in [5.74, 6) is 0. The monoisotopic (exact) mass is 326 g/mol. The first-order valence-electron chi connectivity index (χ1n) is 6.94. The number of aliphatic hydroxyl groups is 1. The number of halogens is 1. The first-order valence-corrected chi connectivity index (χ1v) is 7.73. The molecule has 0 aromatic heterocycles. The summed E-state index contributed by atoms with van der Waals surface area (Å²) in [6.45, 7) is 6.71. The Morgan fingerprint density at radius 2 is 1.95 bits per heavy atom. The van der Waals surface area contributed by atoms with E-state index in [4.69, 9.17) is 0 Å². The molecule has 19 heavy (non-hydrogen) atoms. The van der Waals surface area contributed by atoms with Crippen LogP contribution in [0.2, 0.25) is 0 Å². The molecule has 0 unspecified atom stereocenters. The van der Waals surface area contributed by atoms with Crippen molar-refractivity contribution in [3.63, 3.8) is 0 Å². The van der Waals surface area contributed by atoms with E-state index in [0.717, 1.165) is 36.1 Å². The minimum absolute atomic E-state index is 0.181. The molecule has 0 aliphatic carbocycles. The van der Waals surface area contributed by atoms with E-state index < -0.39 is 0 Å². The fourth-order valence-corrected chi connectivity index (χ4v) is 3.02. The van der Waals surface area contributed by atoms with E-state index in [1.54, 1.807) is 0 Å². The van der Waals surface area contributed by atoms with Crippen LogP contribution >= 0.6 is 15.9 Å². The molecule has 1 aromatic carbocycles. The summed E-state index contributed by atoms with van der Waals surface area (Å²) in [7, 11) is 0. The molecule has 0 radical (unpaired) electrons. The molecule has 4 heteroatoms. The highest BCUT2D eigenvalue weighted by Crippen LogP contribution is 2.31. The number of benzene rings is 1. The summed E-state index contributed by atoms with van der Waals surface area (Å²) in [4.78, 5) is 2.47. The quantitative estimate of drug-likeness (QED) is 0.892. The Bertz CT molecular complexity index is 414. The lowest BCUT2D eigenvalue weighted by molar-refractivity contribution is 0.101. The first-order chi connectivity index (χ1) is 9.06. The van der Waals surface area contributed by atoms with Crippen molar-refractivity contribution in [2.45, 2.75) is 38.3 Å². The molecule has 0 saturated carbocycles. The topological polar surface area (TPSA) is 35.5 Å². The lowest BCUT2D eigenvalue weighted by atomic mass is 9.87. The smallest absolute Gasteiger partial charge is 0.0662 e. The molecule has 0 amide bonds. The van der Waals surface area contributed by atoms with E-state index in [1.807, 2.05) is 18.2 Å². The van der Waals surface area contributed by atoms with Crippen molar-refractivity contribution in [2.75, 3.05) is 25.0 Å². The molecule has 1 heterocycles. The maximum absolute atomic E-state index is 9.82. The maximum Gasteiger partial charge on any atom is 0.0662 e. The lowest BCUT2D eigenvalue weighted by Gasteiger charge is -2.43.